The molecule has 4 heteroatoms. The number of hydrogen-bond acceptors (Lipinski definition) is 3. The number of amides is 1. The average molecular weight is 211 g/mol. The van der Waals surface area contributed by atoms with E-state index in [2.05, 4.69) is 0 Å². The molecule has 1 aliphatic carbocycles. The summed E-state index contributed by atoms with van der Waals surface area (Å²) in [7, 11) is 0. The van der Waals surface area contributed by atoms with Gasteiger partial charge in [-0.25, -0.2) is 4.79 Å². The molecule has 0 N–H and O–H groups in total. The molecule has 1 saturated heterocycles. The minimum Gasteiger partial charge on any atom is -0.450 e. The van der Waals surface area contributed by atoms with E-state index in [1.165, 1.54) is 0 Å². The molecule has 2 aliphatic rings. The lowest BCUT2D eigenvalue weighted by atomic mass is 9.84. The largest absolute Gasteiger partial charge is 0.450 e. The Morgan fingerprint density at radius 1 is 1.53 bits per heavy atom. The molecular formula is C11H17NO3. The fraction of sp³-hybridized carbons (Fsp3) is 0.818. The Morgan fingerprint density at radius 3 is 3.07 bits per heavy atom. The summed E-state index contributed by atoms with van der Waals surface area (Å²) in [5, 5.41) is 0. The van der Waals surface area contributed by atoms with Crippen LogP contribution in [0.5, 0.6) is 0 Å². The van der Waals surface area contributed by atoms with Crippen molar-refractivity contribution in [1.82, 2.24) is 4.90 Å². The summed E-state index contributed by atoms with van der Waals surface area (Å²) in [4.78, 5) is 25.0. The van der Waals surface area contributed by atoms with Gasteiger partial charge in [-0.15, -0.1) is 0 Å². The highest BCUT2D eigenvalue weighted by atomic mass is 16.6. The van der Waals surface area contributed by atoms with Crippen molar-refractivity contribution < 1.29 is 14.3 Å². The Balaban J connectivity index is 2.04. The normalized spacial score (nSPS) is 30.2. The lowest BCUT2D eigenvalue weighted by molar-refractivity contribution is -0.125. The van der Waals surface area contributed by atoms with Crippen LogP contribution in [-0.2, 0) is 9.53 Å². The number of carbonyl (C=O) groups excluding carboxylic acids is 2. The van der Waals surface area contributed by atoms with E-state index in [4.69, 9.17) is 4.74 Å². The quantitative estimate of drug-likeness (QED) is 0.661. The third-order valence-electron chi connectivity index (χ3n) is 3.38. The van der Waals surface area contributed by atoms with Crippen LogP contribution in [0.1, 0.15) is 32.6 Å². The monoisotopic (exact) mass is 211 g/mol. The number of ether oxygens (including phenoxy) is 1. The minimum absolute atomic E-state index is 0.0863. The van der Waals surface area contributed by atoms with Crippen LogP contribution in [0.3, 0.4) is 0 Å². The maximum Gasteiger partial charge on any atom is 0.410 e. The molecule has 0 unspecified atom stereocenters. The molecule has 0 radical (unpaired) electrons. The predicted octanol–water partition coefficient (Wildman–Crippen LogP) is 1.59. The highest BCUT2D eigenvalue weighted by molar-refractivity contribution is 5.84. The second-order valence-corrected chi connectivity index (χ2v) is 4.21. The summed E-state index contributed by atoms with van der Waals surface area (Å²) in [5.41, 5.74) is 0. The van der Waals surface area contributed by atoms with Gasteiger partial charge in [-0.3, -0.25) is 4.79 Å². The molecule has 2 fully saturated rings. The molecule has 0 aromatic heterocycles. The van der Waals surface area contributed by atoms with Crippen molar-refractivity contribution in [2.45, 2.75) is 38.6 Å². The van der Waals surface area contributed by atoms with Crippen LogP contribution in [0.4, 0.5) is 4.79 Å². The van der Waals surface area contributed by atoms with Crippen molar-refractivity contribution in [3.05, 3.63) is 0 Å². The van der Waals surface area contributed by atoms with Crippen molar-refractivity contribution in [2.24, 2.45) is 5.92 Å². The molecule has 0 aromatic rings. The zero-order chi connectivity index (χ0) is 10.8. The molecule has 1 heterocycles. The van der Waals surface area contributed by atoms with E-state index in [1.807, 2.05) is 0 Å². The number of ketones is 1. The lowest BCUT2D eigenvalue weighted by Crippen LogP contribution is -2.42. The summed E-state index contributed by atoms with van der Waals surface area (Å²) in [6.45, 7) is 2.89. The van der Waals surface area contributed by atoms with E-state index in [1.54, 1.807) is 11.8 Å². The smallest absolute Gasteiger partial charge is 0.410 e. The maximum absolute atomic E-state index is 11.6. The highest BCUT2D eigenvalue weighted by Gasteiger charge is 2.42. The van der Waals surface area contributed by atoms with Gasteiger partial charge in [-0.1, -0.05) is 0 Å². The number of fused-ring (bicyclic) bond motifs is 1. The summed E-state index contributed by atoms with van der Waals surface area (Å²) >= 11 is 0. The number of nitrogens with zero attached hydrogens (tertiary/aromatic N) is 1. The van der Waals surface area contributed by atoms with Crippen molar-refractivity contribution in [3.63, 3.8) is 0 Å². The zero-order valence-electron chi connectivity index (χ0n) is 9.07. The molecule has 0 aromatic carbocycles. The Bertz CT molecular complexity index is 277. The molecule has 1 aliphatic heterocycles. The summed E-state index contributed by atoms with van der Waals surface area (Å²) in [6.07, 6.45) is 3.13. The fourth-order valence-corrected chi connectivity index (χ4v) is 2.69. The van der Waals surface area contributed by atoms with Gasteiger partial charge in [0.05, 0.1) is 6.61 Å². The number of hydrogen-bond donors (Lipinski definition) is 0. The molecule has 15 heavy (non-hydrogen) atoms. The number of rotatable bonds is 1. The molecule has 1 amide bonds. The summed E-state index contributed by atoms with van der Waals surface area (Å²) < 4.78 is 4.99. The Kier molecular flexibility index (Phi) is 2.93. The Labute approximate surface area is 89.6 Å². The first-order valence-electron chi connectivity index (χ1n) is 5.70. The van der Waals surface area contributed by atoms with Gasteiger partial charge in [0, 0.05) is 24.9 Å². The maximum atomic E-state index is 11.6. The summed E-state index contributed by atoms with van der Waals surface area (Å²) in [6, 6.07) is 0.116. The number of Topliss-reactive ketones (excluding diaryl/α,β-unsaturated/α-hetero) is 1. The minimum atomic E-state index is -0.250. The Hall–Kier alpha value is -1.06. The van der Waals surface area contributed by atoms with Crippen LogP contribution < -0.4 is 0 Å². The van der Waals surface area contributed by atoms with Crippen LogP contribution in [0.25, 0.3) is 0 Å². The fourth-order valence-electron chi connectivity index (χ4n) is 2.69. The van der Waals surface area contributed by atoms with Crippen LogP contribution in [0.2, 0.25) is 0 Å². The van der Waals surface area contributed by atoms with Gasteiger partial charge in [0.15, 0.2) is 0 Å². The molecule has 2 atom stereocenters. The lowest BCUT2D eigenvalue weighted by Gasteiger charge is -2.29. The van der Waals surface area contributed by atoms with Gasteiger partial charge in [0.1, 0.15) is 5.78 Å². The predicted molar refractivity (Wildman–Crippen MR) is 54.5 cm³/mol. The molecule has 4 nitrogen and oxygen atoms in total. The van der Waals surface area contributed by atoms with E-state index in [-0.39, 0.29) is 18.1 Å². The standard InChI is InChI=1S/C11H17NO3/c1-2-15-11(14)12-7-6-8-9(12)4-3-5-10(8)13/h8-9H,2-7H2,1H3/t8-,9-/m0/s1. The van der Waals surface area contributed by atoms with Gasteiger partial charge in [0.2, 0.25) is 0 Å². The van der Waals surface area contributed by atoms with E-state index < -0.39 is 0 Å². The van der Waals surface area contributed by atoms with Crippen molar-refractivity contribution in [2.75, 3.05) is 13.2 Å². The average Bonchev–Trinajstić information content (AvgIpc) is 2.63. The highest BCUT2D eigenvalue weighted by Crippen LogP contribution is 2.34. The SMILES string of the molecule is CCOC(=O)N1CC[C@@H]2C(=O)CCC[C@@H]21. The second kappa shape index (κ2) is 4.21. The first-order valence-corrected chi connectivity index (χ1v) is 5.70. The van der Waals surface area contributed by atoms with Crippen molar-refractivity contribution >= 4 is 11.9 Å². The third kappa shape index (κ3) is 1.85. The van der Waals surface area contributed by atoms with E-state index in [9.17, 15) is 9.59 Å². The first kappa shape index (κ1) is 10.5. The number of carbonyl (C=O) groups is 2. The van der Waals surface area contributed by atoms with Crippen LogP contribution >= 0.6 is 0 Å². The summed E-state index contributed by atoms with van der Waals surface area (Å²) in [5.74, 6) is 0.418. The van der Waals surface area contributed by atoms with Crippen molar-refractivity contribution in [3.8, 4) is 0 Å². The number of likely N-dealkylation sites (tertiary alicyclic amines) is 1. The van der Waals surface area contributed by atoms with Crippen LogP contribution in [-0.4, -0.2) is 36.0 Å². The van der Waals surface area contributed by atoms with Gasteiger partial charge in [0.25, 0.3) is 0 Å². The molecule has 84 valence electrons. The van der Waals surface area contributed by atoms with Gasteiger partial charge < -0.3 is 9.64 Å². The first-order chi connectivity index (χ1) is 7.24. The van der Waals surface area contributed by atoms with E-state index in [0.29, 0.717) is 25.4 Å². The second-order valence-electron chi connectivity index (χ2n) is 4.21. The zero-order valence-corrected chi connectivity index (χ0v) is 9.07. The molecule has 0 bridgehead atoms. The molecule has 2 rings (SSSR count). The molecule has 1 saturated carbocycles. The van der Waals surface area contributed by atoms with E-state index in [0.717, 1.165) is 19.3 Å². The molecule has 0 spiro atoms. The van der Waals surface area contributed by atoms with Crippen LogP contribution in [0.15, 0.2) is 0 Å². The Morgan fingerprint density at radius 2 is 2.33 bits per heavy atom. The third-order valence-corrected chi connectivity index (χ3v) is 3.38. The van der Waals surface area contributed by atoms with Gasteiger partial charge >= 0.3 is 6.09 Å². The topological polar surface area (TPSA) is 46.6 Å². The molecular weight excluding hydrogens is 194 g/mol. The van der Waals surface area contributed by atoms with Crippen LogP contribution in [0, 0.1) is 5.92 Å². The van der Waals surface area contributed by atoms with Gasteiger partial charge in [-0.2, -0.15) is 0 Å². The van der Waals surface area contributed by atoms with Crippen molar-refractivity contribution in [1.29, 1.82) is 0 Å². The van der Waals surface area contributed by atoms with Gasteiger partial charge in [-0.05, 0) is 26.2 Å². The van der Waals surface area contributed by atoms with E-state index >= 15 is 0 Å².